The molecule has 0 saturated heterocycles. The first-order valence-corrected chi connectivity index (χ1v) is 9.45. The van der Waals surface area contributed by atoms with Crippen LogP contribution in [0.25, 0.3) is 0 Å². The summed E-state index contributed by atoms with van der Waals surface area (Å²) < 4.78 is 4.65. The van der Waals surface area contributed by atoms with Gasteiger partial charge in [0.05, 0.1) is 17.7 Å². The highest BCUT2D eigenvalue weighted by Crippen LogP contribution is 2.33. The monoisotopic (exact) mass is 413 g/mol. The average molecular weight is 414 g/mol. The van der Waals surface area contributed by atoms with E-state index in [1.54, 1.807) is 29.6 Å². The SMILES string of the molecule is COC(=O)CCc1csc(NC(=O)C(C)Cl)c1C(=O)c1ccccc1Cl. The standard InChI is InChI=1S/C18H17Cl2NO4S/c1-10(19)17(24)21-18-15(11(9-26-18)7-8-14(22)25-2)16(23)12-5-3-4-6-13(12)20/h3-6,9-10H,7-8H2,1-2H3,(H,21,24). The number of ketones is 1. The third-order valence-corrected chi connectivity index (χ3v) is 5.11. The zero-order chi connectivity index (χ0) is 19.3. The Morgan fingerprint density at radius 3 is 2.58 bits per heavy atom. The highest BCUT2D eigenvalue weighted by atomic mass is 35.5. The van der Waals surface area contributed by atoms with Crippen LogP contribution in [0.1, 0.15) is 34.8 Å². The lowest BCUT2D eigenvalue weighted by atomic mass is 9.99. The number of nitrogens with one attached hydrogen (secondary N) is 1. The molecular formula is C18H17Cl2NO4S. The second-order valence-electron chi connectivity index (χ2n) is 5.46. The second-order valence-corrected chi connectivity index (χ2v) is 7.40. The number of hydrogen-bond acceptors (Lipinski definition) is 5. The Morgan fingerprint density at radius 2 is 1.96 bits per heavy atom. The van der Waals surface area contributed by atoms with E-state index in [1.807, 2.05) is 0 Å². The molecule has 0 aliphatic rings. The summed E-state index contributed by atoms with van der Waals surface area (Å²) >= 11 is 13.2. The van der Waals surface area contributed by atoms with E-state index < -0.39 is 11.3 Å². The van der Waals surface area contributed by atoms with Gasteiger partial charge in [0, 0.05) is 12.0 Å². The van der Waals surface area contributed by atoms with Crippen LogP contribution in [-0.2, 0) is 20.7 Å². The van der Waals surface area contributed by atoms with Crippen molar-refractivity contribution in [2.45, 2.75) is 25.1 Å². The Balaban J connectivity index is 2.42. The third kappa shape index (κ3) is 4.84. The number of esters is 1. The van der Waals surface area contributed by atoms with E-state index in [0.717, 1.165) is 0 Å². The van der Waals surface area contributed by atoms with Gasteiger partial charge in [-0.05, 0) is 36.4 Å². The maximum atomic E-state index is 13.1. The number of amides is 1. The summed E-state index contributed by atoms with van der Waals surface area (Å²) in [6.07, 6.45) is 0.427. The van der Waals surface area contributed by atoms with Crippen LogP contribution in [-0.4, -0.2) is 30.1 Å². The molecule has 1 amide bonds. The lowest BCUT2D eigenvalue weighted by molar-refractivity contribution is -0.140. The first-order valence-electron chi connectivity index (χ1n) is 7.76. The first kappa shape index (κ1) is 20.4. The highest BCUT2D eigenvalue weighted by Gasteiger charge is 2.24. The fourth-order valence-electron chi connectivity index (χ4n) is 2.25. The number of aryl methyl sites for hydroxylation is 1. The normalized spacial score (nSPS) is 11.7. The Bertz CT molecular complexity index is 832. The Morgan fingerprint density at radius 1 is 1.27 bits per heavy atom. The van der Waals surface area contributed by atoms with E-state index in [-0.39, 0.29) is 18.2 Å². The summed E-state index contributed by atoms with van der Waals surface area (Å²) in [6.45, 7) is 1.54. The van der Waals surface area contributed by atoms with Gasteiger partial charge in [-0.2, -0.15) is 0 Å². The van der Waals surface area contributed by atoms with Crippen molar-refractivity contribution >= 4 is 57.2 Å². The minimum atomic E-state index is -0.751. The van der Waals surface area contributed by atoms with Crippen LogP contribution in [0.2, 0.25) is 5.02 Å². The van der Waals surface area contributed by atoms with Gasteiger partial charge in [0.15, 0.2) is 5.78 Å². The number of anilines is 1. The van der Waals surface area contributed by atoms with E-state index in [0.29, 0.717) is 33.1 Å². The van der Waals surface area contributed by atoms with Gasteiger partial charge in [-0.1, -0.05) is 23.7 Å². The Hall–Kier alpha value is -1.89. The maximum absolute atomic E-state index is 13.1. The van der Waals surface area contributed by atoms with Crippen LogP contribution in [0.15, 0.2) is 29.6 Å². The van der Waals surface area contributed by atoms with E-state index in [9.17, 15) is 14.4 Å². The number of carbonyl (C=O) groups is 3. The molecule has 0 spiro atoms. The van der Waals surface area contributed by atoms with Gasteiger partial charge >= 0.3 is 5.97 Å². The van der Waals surface area contributed by atoms with Crippen molar-refractivity contribution in [2.24, 2.45) is 0 Å². The lowest BCUT2D eigenvalue weighted by Crippen LogP contribution is -2.21. The fourth-order valence-corrected chi connectivity index (χ4v) is 3.52. The summed E-state index contributed by atoms with van der Waals surface area (Å²) in [5.41, 5.74) is 1.28. The van der Waals surface area contributed by atoms with Gasteiger partial charge in [0.2, 0.25) is 5.91 Å². The van der Waals surface area contributed by atoms with Crippen LogP contribution >= 0.6 is 34.5 Å². The number of hydrogen-bond donors (Lipinski definition) is 1. The van der Waals surface area contributed by atoms with Crippen molar-refractivity contribution in [3.05, 3.63) is 51.4 Å². The van der Waals surface area contributed by atoms with Crippen molar-refractivity contribution < 1.29 is 19.1 Å². The number of benzene rings is 1. The number of carbonyl (C=O) groups excluding carboxylic acids is 3. The highest BCUT2D eigenvalue weighted by molar-refractivity contribution is 7.15. The molecule has 1 unspecified atom stereocenters. The molecule has 0 radical (unpaired) electrons. The van der Waals surface area contributed by atoms with Gasteiger partial charge < -0.3 is 10.1 Å². The summed E-state index contributed by atoms with van der Waals surface area (Å²) in [4.78, 5) is 36.5. The summed E-state index contributed by atoms with van der Waals surface area (Å²) in [6, 6.07) is 6.66. The molecule has 0 fully saturated rings. The van der Waals surface area contributed by atoms with E-state index in [1.165, 1.54) is 25.4 Å². The lowest BCUT2D eigenvalue weighted by Gasteiger charge is -2.10. The molecular weight excluding hydrogens is 397 g/mol. The van der Waals surface area contributed by atoms with Crippen LogP contribution in [0.5, 0.6) is 0 Å². The van der Waals surface area contributed by atoms with Gasteiger partial charge in [-0.3, -0.25) is 14.4 Å². The summed E-state index contributed by atoms with van der Waals surface area (Å²) in [7, 11) is 1.30. The molecule has 138 valence electrons. The van der Waals surface area contributed by atoms with Gasteiger partial charge in [-0.25, -0.2) is 0 Å². The quantitative estimate of drug-likeness (QED) is 0.417. The molecule has 1 N–H and O–H groups in total. The van der Waals surface area contributed by atoms with Crippen LogP contribution in [0.3, 0.4) is 0 Å². The topological polar surface area (TPSA) is 72.5 Å². The maximum Gasteiger partial charge on any atom is 0.305 e. The molecule has 1 aromatic heterocycles. The van der Waals surface area contributed by atoms with Gasteiger partial charge in [-0.15, -0.1) is 22.9 Å². The molecule has 1 heterocycles. The Labute approximate surface area is 165 Å². The molecule has 0 bridgehead atoms. The zero-order valence-electron chi connectivity index (χ0n) is 14.2. The van der Waals surface area contributed by atoms with Crippen molar-refractivity contribution in [1.82, 2.24) is 0 Å². The second kappa shape index (κ2) is 9.16. The van der Waals surface area contributed by atoms with Crippen molar-refractivity contribution in [3.63, 3.8) is 0 Å². The fraction of sp³-hybridized carbons (Fsp3) is 0.278. The molecule has 5 nitrogen and oxygen atoms in total. The molecule has 1 atom stereocenters. The third-order valence-electron chi connectivity index (χ3n) is 3.64. The number of rotatable bonds is 7. The molecule has 26 heavy (non-hydrogen) atoms. The van der Waals surface area contributed by atoms with Gasteiger partial charge in [0.25, 0.3) is 0 Å². The number of thiophene rings is 1. The molecule has 1 aromatic carbocycles. The van der Waals surface area contributed by atoms with Gasteiger partial charge in [0.1, 0.15) is 10.4 Å². The first-order chi connectivity index (χ1) is 12.3. The number of methoxy groups -OCH3 is 1. The minimum absolute atomic E-state index is 0.120. The number of halogens is 2. The molecule has 2 aromatic rings. The average Bonchev–Trinajstić information content (AvgIpc) is 3.01. The Kier molecular flexibility index (Phi) is 7.20. The van der Waals surface area contributed by atoms with E-state index in [2.05, 4.69) is 10.1 Å². The van der Waals surface area contributed by atoms with Crippen molar-refractivity contribution in [1.29, 1.82) is 0 Å². The predicted octanol–water partition coefficient (Wildman–Crippen LogP) is 4.30. The van der Waals surface area contributed by atoms with E-state index in [4.69, 9.17) is 23.2 Å². The van der Waals surface area contributed by atoms with Crippen LogP contribution in [0.4, 0.5) is 5.00 Å². The summed E-state index contributed by atoms with van der Waals surface area (Å²) in [5.74, 6) is -1.12. The predicted molar refractivity (Wildman–Crippen MR) is 103 cm³/mol. The van der Waals surface area contributed by atoms with Crippen LogP contribution < -0.4 is 5.32 Å². The molecule has 0 aliphatic carbocycles. The van der Waals surface area contributed by atoms with Crippen molar-refractivity contribution in [2.75, 3.05) is 12.4 Å². The molecule has 8 heteroatoms. The zero-order valence-corrected chi connectivity index (χ0v) is 16.5. The molecule has 0 aliphatic heterocycles. The minimum Gasteiger partial charge on any atom is -0.469 e. The number of ether oxygens (including phenoxy) is 1. The van der Waals surface area contributed by atoms with E-state index >= 15 is 0 Å². The summed E-state index contributed by atoms with van der Waals surface area (Å²) in [5, 5.41) is 4.35. The number of alkyl halides is 1. The van der Waals surface area contributed by atoms with Crippen LogP contribution in [0, 0.1) is 0 Å². The molecule has 0 saturated carbocycles. The smallest absolute Gasteiger partial charge is 0.305 e. The largest absolute Gasteiger partial charge is 0.469 e. The van der Waals surface area contributed by atoms with Crippen molar-refractivity contribution in [3.8, 4) is 0 Å². The molecule has 2 rings (SSSR count).